The maximum Gasteiger partial charge on any atom is 0.254 e. The standard InChI is InChI=1S/C24H26N4O/c1-15-8-9-18-6-4-5-7-21(18)22(15)23(29)27-11-19-13-28(14-20(19)12-27)24-25-16(2)10-17(3)26-24/h4-10,19-20H,11-14H2,1-3H3. The van der Waals surface area contributed by atoms with Crippen molar-refractivity contribution in [2.75, 3.05) is 31.1 Å². The van der Waals surface area contributed by atoms with Crippen molar-refractivity contribution in [1.29, 1.82) is 0 Å². The Morgan fingerprint density at radius 3 is 2.24 bits per heavy atom. The van der Waals surface area contributed by atoms with Crippen LogP contribution in [0.3, 0.4) is 0 Å². The minimum Gasteiger partial charge on any atom is -0.340 e. The Bertz CT molecular complexity index is 1070. The molecule has 148 valence electrons. The number of carbonyl (C=O) groups is 1. The molecule has 2 saturated heterocycles. The van der Waals surface area contributed by atoms with E-state index in [1.54, 1.807) is 0 Å². The summed E-state index contributed by atoms with van der Waals surface area (Å²) in [6.45, 7) is 9.54. The number of hydrogen-bond donors (Lipinski definition) is 0. The Kier molecular flexibility index (Phi) is 4.26. The molecule has 2 aliphatic heterocycles. The molecule has 0 aliphatic carbocycles. The average Bonchev–Trinajstić information content (AvgIpc) is 3.26. The highest BCUT2D eigenvalue weighted by atomic mass is 16.2. The summed E-state index contributed by atoms with van der Waals surface area (Å²) in [5.41, 5.74) is 3.93. The molecule has 3 heterocycles. The van der Waals surface area contributed by atoms with Gasteiger partial charge < -0.3 is 9.80 Å². The van der Waals surface area contributed by atoms with E-state index < -0.39 is 0 Å². The first-order valence-electron chi connectivity index (χ1n) is 10.3. The van der Waals surface area contributed by atoms with Crippen molar-refractivity contribution in [2.45, 2.75) is 20.8 Å². The maximum atomic E-state index is 13.4. The molecule has 3 aromatic rings. The van der Waals surface area contributed by atoms with Crippen LogP contribution in [0.4, 0.5) is 5.95 Å². The molecule has 2 fully saturated rings. The van der Waals surface area contributed by atoms with Crippen molar-refractivity contribution >= 4 is 22.6 Å². The second-order valence-electron chi connectivity index (χ2n) is 8.56. The van der Waals surface area contributed by atoms with Gasteiger partial charge in [-0.25, -0.2) is 9.97 Å². The van der Waals surface area contributed by atoms with Gasteiger partial charge >= 0.3 is 0 Å². The molecule has 2 unspecified atom stereocenters. The van der Waals surface area contributed by atoms with Crippen molar-refractivity contribution in [1.82, 2.24) is 14.9 Å². The maximum absolute atomic E-state index is 13.4. The third kappa shape index (κ3) is 3.15. The number of hydrogen-bond acceptors (Lipinski definition) is 4. The van der Waals surface area contributed by atoms with Crippen molar-refractivity contribution in [3.05, 3.63) is 65.0 Å². The topological polar surface area (TPSA) is 49.3 Å². The first kappa shape index (κ1) is 18.1. The van der Waals surface area contributed by atoms with E-state index >= 15 is 0 Å². The number of fused-ring (bicyclic) bond motifs is 2. The molecule has 5 rings (SSSR count). The fraction of sp³-hybridized carbons (Fsp3) is 0.375. The summed E-state index contributed by atoms with van der Waals surface area (Å²) in [4.78, 5) is 27.0. The van der Waals surface area contributed by atoms with Gasteiger partial charge in [0.1, 0.15) is 0 Å². The van der Waals surface area contributed by atoms with Gasteiger partial charge in [-0.2, -0.15) is 0 Å². The molecule has 2 atom stereocenters. The van der Waals surface area contributed by atoms with Crippen LogP contribution >= 0.6 is 0 Å². The van der Waals surface area contributed by atoms with Crippen molar-refractivity contribution in [2.24, 2.45) is 11.8 Å². The van der Waals surface area contributed by atoms with Crippen LogP contribution in [0.2, 0.25) is 0 Å². The minimum absolute atomic E-state index is 0.169. The summed E-state index contributed by atoms with van der Waals surface area (Å²) in [7, 11) is 0. The quantitative estimate of drug-likeness (QED) is 0.673. The number of anilines is 1. The lowest BCUT2D eigenvalue weighted by molar-refractivity contribution is 0.0784. The average molecular weight is 386 g/mol. The summed E-state index contributed by atoms with van der Waals surface area (Å²) >= 11 is 0. The molecule has 5 heteroatoms. The summed E-state index contributed by atoms with van der Waals surface area (Å²) in [5.74, 6) is 1.97. The van der Waals surface area contributed by atoms with E-state index in [1.807, 2.05) is 39.0 Å². The fourth-order valence-corrected chi connectivity index (χ4v) is 4.99. The lowest BCUT2D eigenvalue weighted by Crippen LogP contribution is -2.34. The molecular weight excluding hydrogens is 360 g/mol. The van der Waals surface area contributed by atoms with Crippen LogP contribution in [0, 0.1) is 32.6 Å². The van der Waals surface area contributed by atoms with Crippen LogP contribution in [0.25, 0.3) is 10.8 Å². The van der Waals surface area contributed by atoms with Gasteiger partial charge in [-0.15, -0.1) is 0 Å². The lowest BCUT2D eigenvalue weighted by atomic mass is 9.99. The van der Waals surface area contributed by atoms with Gasteiger partial charge in [0.15, 0.2) is 0 Å². The fourth-order valence-electron chi connectivity index (χ4n) is 4.99. The second kappa shape index (κ2) is 6.83. The van der Waals surface area contributed by atoms with E-state index in [-0.39, 0.29) is 5.91 Å². The largest absolute Gasteiger partial charge is 0.340 e. The van der Waals surface area contributed by atoms with Crippen LogP contribution in [-0.2, 0) is 0 Å². The van der Waals surface area contributed by atoms with Gasteiger partial charge in [0.05, 0.1) is 5.56 Å². The summed E-state index contributed by atoms with van der Waals surface area (Å²) in [5, 5.41) is 2.18. The molecule has 29 heavy (non-hydrogen) atoms. The molecule has 0 bridgehead atoms. The molecule has 5 nitrogen and oxygen atoms in total. The number of aryl methyl sites for hydroxylation is 3. The van der Waals surface area contributed by atoms with Gasteiger partial charge in [0, 0.05) is 49.4 Å². The first-order valence-corrected chi connectivity index (χ1v) is 10.3. The third-order valence-corrected chi connectivity index (χ3v) is 6.38. The Labute approximate surface area is 171 Å². The Morgan fingerprint density at radius 1 is 0.897 bits per heavy atom. The molecule has 0 radical (unpaired) electrons. The Morgan fingerprint density at radius 2 is 1.55 bits per heavy atom. The lowest BCUT2D eigenvalue weighted by Gasteiger charge is -2.23. The van der Waals surface area contributed by atoms with Crippen LogP contribution in [0.1, 0.15) is 27.3 Å². The third-order valence-electron chi connectivity index (χ3n) is 6.38. The number of rotatable bonds is 2. The van der Waals surface area contributed by atoms with Gasteiger partial charge in [-0.05, 0) is 43.2 Å². The van der Waals surface area contributed by atoms with Gasteiger partial charge in [-0.1, -0.05) is 36.4 Å². The van der Waals surface area contributed by atoms with E-state index in [9.17, 15) is 4.79 Å². The molecule has 2 aliphatic rings. The highest BCUT2D eigenvalue weighted by Gasteiger charge is 2.42. The number of nitrogens with zero attached hydrogens (tertiary/aromatic N) is 4. The summed E-state index contributed by atoms with van der Waals surface area (Å²) in [6, 6.07) is 14.3. The zero-order valence-corrected chi connectivity index (χ0v) is 17.2. The number of carbonyl (C=O) groups excluding carboxylic acids is 1. The highest BCUT2D eigenvalue weighted by molar-refractivity contribution is 6.08. The molecule has 2 aromatic carbocycles. The van der Waals surface area contributed by atoms with Crippen LogP contribution in [0.5, 0.6) is 0 Å². The first-order chi connectivity index (χ1) is 14.0. The minimum atomic E-state index is 0.169. The van der Waals surface area contributed by atoms with Gasteiger partial charge in [-0.3, -0.25) is 4.79 Å². The highest BCUT2D eigenvalue weighted by Crippen LogP contribution is 2.34. The van der Waals surface area contributed by atoms with E-state index in [0.717, 1.165) is 65.4 Å². The normalized spacial score (nSPS) is 21.1. The Balaban J connectivity index is 1.36. The summed E-state index contributed by atoms with van der Waals surface area (Å²) in [6.07, 6.45) is 0. The zero-order chi connectivity index (χ0) is 20.1. The SMILES string of the molecule is Cc1cc(C)nc(N2CC3CN(C(=O)c4c(C)ccc5ccccc45)CC3C2)n1. The van der Waals surface area contributed by atoms with Gasteiger partial charge in [0.25, 0.3) is 5.91 Å². The van der Waals surface area contributed by atoms with Crippen molar-refractivity contribution < 1.29 is 4.79 Å². The van der Waals surface area contributed by atoms with E-state index in [2.05, 4.69) is 44.0 Å². The molecule has 1 aromatic heterocycles. The van der Waals surface area contributed by atoms with E-state index in [1.165, 1.54) is 0 Å². The molecule has 1 amide bonds. The smallest absolute Gasteiger partial charge is 0.254 e. The molecule has 0 spiro atoms. The predicted octanol–water partition coefficient (Wildman–Crippen LogP) is 3.76. The van der Waals surface area contributed by atoms with Crippen molar-refractivity contribution in [3.8, 4) is 0 Å². The van der Waals surface area contributed by atoms with Crippen molar-refractivity contribution in [3.63, 3.8) is 0 Å². The summed E-state index contributed by atoms with van der Waals surface area (Å²) < 4.78 is 0. The van der Waals surface area contributed by atoms with E-state index in [4.69, 9.17) is 0 Å². The van der Waals surface area contributed by atoms with E-state index in [0.29, 0.717) is 11.8 Å². The number of likely N-dealkylation sites (tertiary alicyclic amines) is 1. The molecular formula is C24H26N4O. The number of aromatic nitrogens is 2. The predicted molar refractivity (Wildman–Crippen MR) is 115 cm³/mol. The second-order valence-corrected chi connectivity index (χ2v) is 8.56. The molecule has 0 saturated carbocycles. The van der Waals surface area contributed by atoms with Crippen LogP contribution in [0.15, 0.2) is 42.5 Å². The zero-order valence-electron chi connectivity index (χ0n) is 17.2. The van der Waals surface area contributed by atoms with Gasteiger partial charge in [0.2, 0.25) is 5.95 Å². The van der Waals surface area contributed by atoms with Crippen LogP contribution in [-0.4, -0.2) is 47.0 Å². The Hall–Kier alpha value is -2.95. The molecule has 0 N–H and O–H groups in total. The monoisotopic (exact) mass is 386 g/mol. The number of amides is 1. The van der Waals surface area contributed by atoms with Crippen LogP contribution < -0.4 is 4.90 Å². The number of benzene rings is 2.